The van der Waals surface area contributed by atoms with E-state index >= 15 is 0 Å². The van der Waals surface area contributed by atoms with Crippen LogP contribution in [0.25, 0.3) is 10.2 Å². The standard InChI is InChI=1S/C20H17N5OS/c1-21-18-17-16(11-12-27-17)24-20(25-18)23-15-9-7-13(8-10-15)19(26)22-14-5-3-2-4-6-14/h2-12H,1H3,(H,22,26)(H2,21,23,24,25). The van der Waals surface area contributed by atoms with Gasteiger partial charge in [-0.1, -0.05) is 18.2 Å². The molecule has 0 aliphatic heterocycles. The molecule has 0 aliphatic rings. The van der Waals surface area contributed by atoms with E-state index in [0.717, 1.165) is 27.4 Å². The van der Waals surface area contributed by atoms with Gasteiger partial charge in [0.25, 0.3) is 5.91 Å². The number of benzene rings is 2. The van der Waals surface area contributed by atoms with E-state index in [1.165, 1.54) is 0 Å². The number of thiophene rings is 1. The first kappa shape index (κ1) is 17.0. The summed E-state index contributed by atoms with van der Waals surface area (Å²) in [5.41, 5.74) is 3.04. The van der Waals surface area contributed by atoms with Crippen molar-refractivity contribution in [3.8, 4) is 0 Å². The molecule has 0 spiro atoms. The zero-order chi connectivity index (χ0) is 18.6. The number of amides is 1. The van der Waals surface area contributed by atoms with E-state index in [-0.39, 0.29) is 5.91 Å². The van der Waals surface area contributed by atoms with Crippen LogP contribution >= 0.6 is 11.3 Å². The average Bonchev–Trinajstić information content (AvgIpc) is 3.17. The van der Waals surface area contributed by atoms with E-state index in [1.54, 1.807) is 23.5 Å². The lowest BCUT2D eigenvalue weighted by molar-refractivity contribution is 0.102. The molecule has 6 nitrogen and oxygen atoms in total. The van der Waals surface area contributed by atoms with Crippen molar-refractivity contribution in [3.05, 3.63) is 71.6 Å². The Balaban J connectivity index is 1.50. The highest BCUT2D eigenvalue weighted by atomic mass is 32.1. The fraction of sp³-hybridized carbons (Fsp3) is 0.0500. The number of nitrogens with one attached hydrogen (secondary N) is 3. The first-order valence-electron chi connectivity index (χ1n) is 8.39. The van der Waals surface area contributed by atoms with Gasteiger partial charge in [0.2, 0.25) is 5.95 Å². The van der Waals surface area contributed by atoms with Crippen LogP contribution in [0, 0.1) is 0 Å². The molecule has 3 N–H and O–H groups in total. The van der Waals surface area contributed by atoms with Crippen molar-refractivity contribution in [1.82, 2.24) is 9.97 Å². The summed E-state index contributed by atoms with van der Waals surface area (Å²) < 4.78 is 1.02. The number of para-hydroxylation sites is 1. The van der Waals surface area contributed by atoms with Crippen LogP contribution in [0.3, 0.4) is 0 Å². The van der Waals surface area contributed by atoms with Crippen LogP contribution in [-0.2, 0) is 0 Å². The minimum atomic E-state index is -0.152. The number of carbonyl (C=O) groups is 1. The van der Waals surface area contributed by atoms with Crippen LogP contribution in [0.4, 0.5) is 23.1 Å². The molecular weight excluding hydrogens is 358 g/mol. The summed E-state index contributed by atoms with van der Waals surface area (Å²) in [4.78, 5) is 21.3. The van der Waals surface area contributed by atoms with E-state index < -0.39 is 0 Å². The van der Waals surface area contributed by atoms with Gasteiger partial charge in [-0.25, -0.2) is 4.98 Å². The number of nitrogens with zero attached hydrogens (tertiary/aromatic N) is 2. The number of carbonyl (C=O) groups excluding carboxylic acids is 1. The summed E-state index contributed by atoms with van der Waals surface area (Å²) >= 11 is 1.60. The first-order chi connectivity index (χ1) is 13.2. The normalized spacial score (nSPS) is 10.6. The van der Waals surface area contributed by atoms with Gasteiger partial charge in [0, 0.05) is 24.0 Å². The topological polar surface area (TPSA) is 78.9 Å². The summed E-state index contributed by atoms with van der Waals surface area (Å²) in [5, 5.41) is 11.1. The van der Waals surface area contributed by atoms with Crippen molar-refractivity contribution in [2.75, 3.05) is 23.0 Å². The van der Waals surface area contributed by atoms with Crippen molar-refractivity contribution in [3.63, 3.8) is 0 Å². The summed E-state index contributed by atoms with van der Waals surface area (Å²) in [6.45, 7) is 0. The molecule has 2 aromatic heterocycles. The Bertz CT molecular complexity index is 1080. The average molecular weight is 375 g/mol. The zero-order valence-corrected chi connectivity index (χ0v) is 15.4. The molecule has 1 amide bonds. The number of aromatic nitrogens is 2. The molecule has 4 aromatic rings. The van der Waals surface area contributed by atoms with Gasteiger partial charge >= 0.3 is 0 Å². The van der Waals surface area contributed by atoms with E-state index in [9.17, 15) is 4.79 Å². The summed E-state index contributed by atoms with van der Waals surface area (Å²) in [5.74, 6) is 1.14. The Morgan fingerprint density at radius 3 is 2.44 bits per heavy atom. The van der Waals surface area contributed by atoms with Crippen LogP contribution in [-0.4, -0.2) is 22.9 Å². The Kier molecular flexibility index (Phi) is 4.67. The number of hydrogen-bond acceptors (Lipinski definition) is 6. The molecule has 0 fully saturated rings. The number of fused-ring (bicyclic) bond motifs is 1. The van der Waals surface area contributed by atoms with Gasteiger partial charge < -0.3 is 16.0 Å². The third-order valence-corrected chi connectivity index (χ3v) is 4.89. The lowest BCUT2D eigenvalue weighted by atomic mass is 10.2. The second-order valence-electron chi connectivity index (χ2n) is 5.80. The predicted molar refractivity (Wildman–Crippen MR) is 111 cm³/mol. The van der Waals surface area contributed by atoms with Crippen molar-refractivity contribution >= 4 is 50.6 Å². The minimum absolute atomic E-state index is 0.152. The molecule has 134 valence electrons. The lowest BCUT2D eigenvalue weighted by Crippen LogP contribution is -2.11. The van der Waals surface area contributed by atoms with Gasteiger partial charge in [0.15, 0.2) is 0 Å². The van der Waals surface area contributed by atoms with E-state index in [0.29, 0.717) is 11.5 Å². The molecule has 0 unspecified atom stereocenters. The maximum atomic E-state index is 12.3. The van der Waals surface area contributed by atoms with Crippen LogP contribution in [0.1, 0.15) is 10.4 Å². The molecular formula is C20H17N5OS. The number of hydrogen-bond donors (Lipinski definition) is 3. The minimum Gasteiger partial charge on any atom is -0.372 e. The second kappa shape index (κ2) is 7.43. The summed E-state index contributed by atoms with van der Waals surface area (Å²) in [6, 6.07) is 18.5. The van der Waals surface area contributed by atoms with E-state index in [4.69, 9.17) is 0 Å². The highest BCUT2D eigenvalue weighted by Gasteiger charge is 2.09. The van der Waals surface area contributed by atoms with Crippen molar-refractivity contribution in [1.29, 1.82) is 0 Å². The Hall–Kier alpha value is -3.45. The molecule has 0 saturated heterocycles. The zero-order valence-electron chi connectivity index (χ0n) is 14.6. The fourth-order valence-corrected chi connectivity index (χ4v) is 3.47. The predicted octanol–water partition coefficient (Wildman–Crippen LogP) is 4.73. The third kappa shape index (κ3) is 3.73. The molecule has 4 rings (SSSR count). The Morgan fingerprint density at radius 1 is 0.926 bits per heavy atom. The molecule has 0 atom stereocenters. The van der Waals surface area contributed by atoms with Crippen molar-refractivity contribution < 1.29 is 4.79 Å². The van der Waals surface area contributed by atoms with Crippen molar-refractivity contribution in [2.45, 2.75) is 0 Å². The highest BCUT2D eigenvalue weighted by Crippen LogP contribution is 2.27. The van der Waals surface area contributed by atoms with Crippen LogP contribution in [0.2, 0.25) is 0 Å². The summed E-state index contributed by atoms with van der Waals surface area (Å²) in [6.07, 6.45) is 0. The maximum Gasteiger partial charge on any atom is 0.255 e. The van der Waals surface area contributed by atoms with Crippen LogP contribution in [0.15, 0.2) is 66.0 Å². The Labute approximate surface area is 160 Å². The Morgan fingerprint density at radius 2 is 1.70 bits per heavy atom. The first-order valence-corrected chi connectivity index (χ1v) is 9.27. The molecule has 2 heterocycles. The van der Waals surface area contributed by atoms with Crippen LogP contribution < -0.4 is 16.0 Å². The SMILES string of the molecule is CNc1nc(Nc2ccc(C(=O)Nc3ccccc3)cc2)nc2ccsc12. The summed E-state index contributed by atoms with van der Waals surface area (Å²) in [7, 11) is 1.84. The monoisotopic (exact) mass is 375 g/mol. The largest absolute Gasteiger partial charge is 0.372 e. The van der Waals surface area contributed by atoms with Gasteiger partial charge in [-0.2, -0.15) is 4.98 Å². The van der Waals surface area contributed by atoms with Crippen LogP contribution in [0.5, 0.6) is 0 Å². The van der Waals surface area contributed by atoms with Gasteiger partial charge in [0.1, 0.15) is 5.82 Å². The van der Waals surface area contributed by atoms with Gasteiger partial charge in [-0.15, -0.1) is 11.3 Å². The number of rotatable bonds is 5. The van der Waals surface area contributed by atoms with Gasteiger partial charge in [0.05, 0.1) is 10.2 Å². The molecule has 0 radical (unpaired) electrons. The molecule has 0 saturated carbocycles. The quantitative estimate of drug-likeness (QED) is 0.470. The highest BCUT2D eigenvalue weighted by molar-refractivity contribution is 7.17. The molecule has 2 aromatic carbocycles. The fourth-order valence-electron chi connectivity index (χ4n) is 2.65. The smallest absolute Gasteiger partial charge is 0.255 e. The molecule has 0 bridgehead atoms. The molecule has 27 heavy (non-hydrogen) atoms. The lowest BCUT2D eigenvalue weighted by Gasteiger charge is -2.09. The van der Waals surface area contributed by atoms with Gasteiger partial charge in [-0.3, -0.25) is 4.79 Å². The maximum absolute atomic E-state index is 12.3. The molecule has 0 aliphatic carbocycles. The van der Waals surface area contributed by atoms with E-state index in [2.05, 4.69) is 25.9 Å². The second-order valence-corrected chi connectivity index (χ2v) is 6.72. The van der Waals surface area contributed by atoms with E-state index in [1.807, 2.05) is 61.0 Å². The van der Waals surface area contributed by atoms with Gasteiger partial charge in [-0.05, 0) is 47.8 Å². The van der Waals surface area contributed by atoms with Crippen molar-refractivity contribution in [2.24, 2.45) is 0 Å². The third-order valence-electron chi connectivity index (χ3n) is 3.98. The molecule has 7 heteroatoms. The number of anilines is 4.